The zero-order chi connectivity index (χ0) is 17.8. The van der Waals surface area contributed by atoms with E-state index in [1.807, 2.05) is 18.2 Å². The first-order chi connectivity index (χ1) is 12.0. The standard InChI is InChI=1S/C17H10ClN3O3S/c18-13-6-4-11(9-15(13)21(23)24)16(22)7-5-12-10-25-17(20-12)14-3-1-2-8-19-14/h1-10H. The average Bonchev–Trinajstić information content (AvgIpc) is 3.09. The summed E-state index contributed by atoms with van der Waals surface area (Å²) in [5, 5.41) is 13.4. The molecule has 0 N–H and O–H groups in total. The summed E-state index contributed by atoms with van der Waals surface area (Å²) in [5.41, 5.74) is 1.26. The summed E-state index contributed by atoms with van der Waals surface area (Å²) in [6, 6.07) is 9.49. The summed E-state index contributed by atoms with van der Waals surface area (Å²) in [7, 11) is 0. The van der Waals surface area contributed by atoms with Crippen molar-refractivity contribution in [3.05, 3.63) is 80.4 Å². The topological polar surface area (TPSA) is 86.0 Å². The summed E-state index contributed by atoms with van der Waals surface area (Å²) in [6.45, 7) is 0. The lowest BCUT2D eigenvalue weighted by atomic mass is 10.1. The molecule has 8 heteroatoms. The van der Waals surface area contributed by atoms with E-state index in [0.29, 0.717) is 5.69 Å². The van der Waals surface area contributed by atoms with Crippen LogP contribution in [0.2, 0.25) is 5.02 Å². The fraction of sp³-hybridized carbons (Fsp3) is 0. The highest BCUT2D eigenvalue weighted by Gasteiger charge is 2.15. The van der Waals surface area contributed by atoms with Crippen molar-refractivity contribution in [1.82, 2.24) is 9.97 Å². The summed E-state index contributed by atoms with van der Waals surface area (Å²) in [6.07, 6.45) is 4.57. The number of hydrogen-bond donors (Lipinski definition) is 0. The summed E-state index contributed by atoms with van der Waals surface area (Å²) in [4.78, 5) is 31.1. The van der Waals surface area contributed by atoms with Crippen LogP contribution in [-0.4, -0.2) is 20.7 Å². The molecule has 0 fully saturated rings. The highest BCUT2D eigenvalue weighted by atomic mass is 35.5. The Bertz CT molecular complexity index is 970. The number of nitrogens with zero attached hydrogens (tertiary/aromatic N) is 3. The van der Waals surface area contributed by atoms with Crippen molar-refractivity contribution < 1.29 is 9.72 Å². The van der Waals surface area contributed by atoms with Crippen LogP contribution in [0, 0.1) is 10.1 Å². The molecule has 3 aromatic rings. The molecule has 0 aliphatic carbocycles. The minimum Gasteiger partial charge on any atom is -0.289 e. The number of allylic oxidation sites excluding steroid dienone is 1. The summed E-state index contributed by atoms with van der Waals surface area (Å²) < 4.78 is 0. The number of halogens is 1. The molecule has 0 spiro atoms. The van der Waals surface area contributed by atoms with Crippen LogP contribution in [0.25, 0.3) is 16.8 Å². The maximum absolute atomic E-state index is 12.2. The molecule has 2 aromatic heterocycles. The molecule has 0 atom stereocenters. The number of pyridine rings is 1. The Kier molecular flexibility index (Phi) is 4.97. The third-order valence-corrected chi connectivity index (χ3v) is 4.44. The van der Waals surface area contributed by atoms with Gasteiger partial charge >= 0.3 is 0 Å². The zero-order valence-electron chi connectivity index (χ0n) is 12.6. The number of carbonyl (C=O) groups is 1. The Labute approximate surface area is 151 Å². The normalized spacial score (nSPS) is 10.9. The van der Waals surface area contributed by atoms with Crippen LogP contribution in [0.3, 0.4) is 0 Å². The van der Waals surface area contributed by atoms with Gasteiger partial charge in [0.15, 0.2) is 5.78 Å². The van der Waals surface area contributed by atoms with Crippen molar-refractivity contribution in [3.63, 3.8) is 0 Å². The van der Waals surface area contributed by atoms with Gasteiger partial charge in [-0.05, 0) is 36.4 Å². The van der Waals surface area contributed by atoms with E-state index >= 15 is 0 Å². The van der Waals surface area contributed by atoms with Gasteiger partial charge in [0, 0.05) is 23.2 Å². The lowest BCUT2D eigenvalue weighted by Crippen LogP contribution is -1.97. The third kappa shape index (κ3) is 3.96. The molecule has 0 unspecified atom stereocenters. The Hall–Kier alpha value is -2.90. The minimum absolute atomic E-state index is 0.00923. The number of aromatic nitrogens is 2. The fourth-order valence-electron chi connectivity index (χ4n) is 2.03. The predicted molar refractivity (Wildman–Crippen MR) is 96.8 cm³/mol. The molecular formula is C17H10ClN3O3S. The Morgan fingerprint density at radius 3 is 2.84 bits per heavy atom. The van der Waals surface area contributed by atoms with E-state index in [4.69, 9.17) is 11.6 Å². The number of nitro benzene ring substituents is 1. The van der Waals surface area contributed by atoms with Gasteiger partial charge in [0.05, 0.1) is 16.3 Å². The SMILES string of the molecule is O=C(C=Cc1csc(-c2ccccn2)n1)c1ccc(Cl)c([N+](=O)[O-])c1. The molecule has 3 rings (SSSR count). The maximum atomic E-state index is 12.2. The molecule has 1 aromatic carbocycles. The van der Waals surface area contributed by atoms with Crippen molar-refractivity contribution in [2.75, 3.05) is 0 Å². The molecule has 0 radical (unpaired) electrons. The monoisotopic (exact) mass is 371 g/mol. The van der Waals surface area contributed by atoms with E-state index < -0.39 is 4.92 Å². The van der Waals surface area contributed by atoms with Crippen molar-refractivity contribution in [2.45, 2.75) is 0 Å². The van der Waals surface area contributed by atoms with E-state index in [2.05, 4.69) is 9.97 Å². The molecule has 0 saturated heterocycles. The van der Waals surface area contributed by atoms with Crippen molar-refractivity contribution in [1.29, 1.82) is 0 Å². The Morgan fingerprint density at radius 1 is 1.28 bits per heavy atom. The van der Waals surface area contributed by atoms with Crippen LogP contribution in [-0.2, 0) is 0 Å². The smallest absolute Gasteiger partial charge is 0.288 e. The molecule has 0 amide bonds. The maximum Gasteiger partial charge on any atom is 0.288 e. The van der Waals surface area contributed by atoms with Gasteiger partial charge in [-0.15, -0.1) is 11.3 Å². The van der Waals surface area contributed by atoms with Crippen molar-refractivity contribution in [3.8, 4) is 10.7 Å². The van der Waals surface area contributed by atoms with Gasteiger partial charge in [-0.25, -0.2) is 4.98 Å². The van der Waals surface area contributed by atoms with Crippen molar-refractivity contribution in [2.24, 2.45) is 0 Å². The average molecular weight is 372 g/mol. The molecule has 0 bridgehead atoms. The largest absolute Gasteiger partial charge is 0.289 e. The van der Waals surface area contributed by atoms with Gasteiger partial charge in [-0.3, -0.25) is 19.9 Å². The number of ketones is 1. The molecule has 0 aliphatic heterocycles. The molecule has 124 valence electrons. The number of hydrogen-bond acceptors (Lipinski definition) is 6. The second-order valence-corrected chi connectivity index (χ2v) is 6.18. The molecule has 25 heavy (non-hydrogen) atoms. The summed E-state index contributed by atoms with van der Waals surface area (Å²) >= 11 is 7.16. The van der Waals surface area contributed by atoms with Crippen LogP contribution >= 0.6 is 22.9 Å². The first kappa shape index (κ1) is 16.9. The number of carbonyl (C=O) groups excluding carboxylic acids is 1. The third-order valence-electron chi connectivity index (χ3n) is 3.24. The number of thiazole rings is 1. The molecule has 2 heterocycles. The highest BCUT2D eigenvalue weighted by molar-refractivity contribution is 7.13. The van der Waals surface area contributed by atoms with Crippen LogP contribution in [0.5, 0.6) is 0 Å². The fourth-order valence-corrected chi connectivity index (χ4v) is 2.98. The van der Waals surface area contributed by atoms with E-state index in [1.54, 1.807) is 17.7 Å². The number of benzene rings is 1. The quantitative estimate of drug-likeness (QED) is 0.281. The Morgan fingerprint density at radius 2 is 2.12 bits per heavy atom. The van der Waals surface area contributed by atoms with E-state index in [-0.39, 0.29) is 22.1 Å². The van der Waals surface area contributed by atoms with Gasteiger partial charge in [-0.2, -0.15) is 0 Å². The first-order valence-electron chi connectivity index (χ1n) is 7.08. The minimum atomic E-state index is -0.623. The van der Waals surface area contributed by atoms with Crippen LogP contribution in [0.4, 0.5) is 5.69 Å². The molecule has 6 nitrogen and oxygen atoms in total. The van der Waals surface area contributed by atoms with E-state index in [0.717, 1.165) is 16.8 Å². The predicted octanol–water partition coefficient (Wildman–Crippen LogP) is 4.66. The van der Waals surface area contributed by atoms with Crippen LogP contribution in [0.1, 0.15) is 16.1 Å². The number of rotatable bonds is 5. The van der Waals surface area contributed by atoms with Gasteiger partial charge in [0.2, 0.25) is 0 Å². The lowest BCUT2D eigenvalue weighted by molar-refractivity contribution is -0.384. The Balaban J connectivity index is 1.79. The lowest BCUT2D eigenvalue weighted by Gasteiger charge is -1.98. The molecule has 0 saturated carbocycles. The van der Waals surface area contributed by atoms with Gasteiger partial charge in [0.25, 0.3) is 5.69 Å². The first-order valence-corrected chi connectivity index (χ1v) is 8.33. The number of nitro groups is 1. The van der Waals surface area contributed by atoms with Crippen LogP contribution < -0.4 is 0 Å². The van der Waals surface area contributed by atoms with Gasteiger partial charge < -0.3 is 0 Å². The van der Waals surface area contributed by atoms with Gasteiger partial charge in [0.1, 0.15) is 10.0 Å². The molecule has 0 aliphatic rings. The summed E-state index contributed by atoms with van der Waals surface area (Å²) in [5.74, 6) is -0.368. The van der Waals surface area contributed by atoms with Gasteiger partial charge in [-0.1, -0.05) is 17.7 Å². The van der Waals surface area contributed by atoms with E-state index in [9.17, 15) is 14.9 Å². The second-order valence-electron chi connectivity index (χ2n) is 4.91. The zero-order valence-corrected chi connectivity index (χ0v) is 14.2. The van der Waals surface area contributed by atoms with Crippen molar-refractivity contribution >= 4 is 40.5 Å². The van der Waals surface area contributed by atoms with E-state index in [1.165, 1.54) is 29.5 Å². The molecular weight excluding hydrogens is 362 g/mol. The highest BCUT2D eigenvalue weighted by Crippen LogP contribution is 2.26. The van der Waals surface area contributed by atoms with Crippen LogP contribution in [0.15, 0.2) is 54.1 Å². The second kappa shape index (κ2) is 7.33.